The average Bonchev–Trinajstić information content (AvgIpc) is 3.17. The molecule has 2 aliphatic heterocycles. The van der Waals surface area contributed by atoms with Gasteiger partial charge >= 0.3 is 0 Å². The molecule has 2 saturated heterocycles. The highest BCUT2D eigenvalue weighted by Gasteiger charge is 2.43. The van der Waals surface area contributed by atoms with E-state index in [2.05, 4.69) is 21.9 Å². The van der Waals surface area contributed by atoms with Gasteiger partial charge in [0.15, 0.2) is 0 Å². The van der Waals surface area contributed by atoms with Crippen LogP contribution in [0.1, 0.15) is 50.5 Å². The standard InChI is InChI=1S/C22H34N2O2/c1-25-19-10-11-21(26-2)18(15-19)16-24-14-13-23-12-6-9-20(23)22(24)17-7-4-3-5-8-17/h10-11,15,17,20,22H,3-9,12-14,16H2,1-2H3/t20-,22+/m1/s1. The van der Waals surface area contributed by atoms with E-state index < -0.39 is 0 Å². The molecule has 0 aromatic heterocycles. The largest absolute Gasteiger partial charge is 0.497 e. The van der Waals surface area contributed by atoms with Crippen LogP contribution < -0.4 is 9.47 Å². The lowest BCUT2D eigenvalue weighted by atomic mass is 9.78. The van der Waals surface area contributed by atoms with Gasteiger partial charge in [-0.2, -0.15) is 0 Å². The molecule has 0 amide bonds. The summed E-state index contributed by atoms with van der Waals surface area (Å²) in [5.41, 5.74) is 1.26. The van der Waals surface area contributed by atoms with Crippen molar-refractivity contribution >= 4 is 0 Å². The second kappa shape index (κ2) is 8.18. The van der Waals surface area contributed by atoms with Crippen LogP contribution in [0.15, 0.2) is 18.2 Å². The van der Waals surface area contributed by atoms with E-state index in [0.717, 1.165) is 30.0 Å². The number of benzene rings is 1. The van der Waals surface area contributed by atoms with Gasteiger partial charge in [-0.15, -0.1) is 0 Å². The van der Waals surface area contributed by atoms with Crippen LogP contribution in [-0.2, 0) is 6.54 Å². The molecule has 1 aliphatic carbocycles. The highest BCUT2D eigenvalue weighted by Crippen LogP contribution is 2.39. The fourth-order valence-corrected chi connectivity index (χ4v) is 5.66. The molecule has 144 valence electrons. The number of ether oxygens (including phenoxy) is 2. The average molecular weight is 359 g/mol. The number of hydrogen-bond acceptors (Lipinski definition) is 4. The third kappa shape index (κ3) is 3.59. The van der Waals surface area contributed by atoms with Crippen LogP contribution in [0.5, 0.6) is 11.5 Å². The van der Waals surface area contributed by atoms with Crippen molar-refractivity contribution in [2.24, 2.45) is 5.92 Å². The molecule has 2 atom stereocenters. The third-order valence-electron chi connectivity index (χ3n) is 6.90. The van der Waals surface area contributed by atoms with Crippen molar-refractivity contribution in [1.29, 1.82) is 0 Å². The molecule has 0 N–H and O–H groups in total. The highest BCUT2D eigenvalue weighted by atomic mass is 16.5. The summed E-state index contributed by atoms with van der Waals surface area (Å²) in [5.74, 6) is 2.78. The molecule has 4 rings (SSSR count). The van der Waals surface area contributed by atoms with Crippen LogP contribution in [0.2, 0.25) is 0 Å². The van der Waals surface area contributed by atoms with Gasteiger partial charge in [-0.3, -0.25) is 9.80 Å². The summed E-state index contributed by atoms with van der Waals surface area (Å²) in [6, 6.07) is 7.69. The highest BCUT2D eigenvalue weighted by molar-refractivity contribution is 5.40. The first-order valence-corrected chi connectivity index (χ1v) is 10.5. The molecule has 26 heavy (non-hydrogen) atoms. The smallest absolute Gasteiger partial charge is 0.123 e. The minimum Gasteiger partial charge on any atom is -0.497 e. The zero-order valence-corrected chi connectivity index (χ0v) is 16.5. The summed E-state index contributed by atoms with van der Waals surface area (Å²) in [6.45, 7) is 4.69. The van der Waals surface area contributed by atoms with E-state index in [1.54, 1.807) is 14.2 Å². The molecule has 0 radical (unpaired) electrons. The van der Waals surface area contributed by atoms with Gasteiger partial charge in [0, 0.05) is 37.3 Å². The molecule has 0 unspecified atom stereocenters. The SMILES string of the molecule is COc1ccc(OC)c(CN2CCN3CCC[C@@H]3[C@@H]2C2CCCCC2)c1. The van der Waals surface area contributed by atoms with Crippen LogP contribution in [0, 0.1) is 5.92 Å². The van der Waals surface area contributed by atoms with Crippen LogP contribution in [-0.4, -0.2) is 55.7 Å². The molecular formula is C22H34N2O2. The van der Waals surface area contributed by atoms with Crippen LogP contribution in [0.3, 0.4) is 0 Å². The Morgan fingerprint density at radius 2 is 1.77 bits per heavy atom. The summed E-state index contributed by atoms with van der Waals surface area (Å²) < 4.78 is 11.1. The van der Waals surface area contributed by atoms with Crippen molar-refractivity contribution < 1.29 is 9.47 Å². The fourth-order valence-electron chi connectivity index (χ4n) is 5.66. The van der Waals surface area contributed by atoms with Gasteiger partial charge in [0.2, 0.25) is 0 Å². The summed E-state index contributed by atoms with van der Waals surface area (Å²) in [4.78, 5) is 5.55. The quantitative estimate of drug-likeness (QED) is 0.796. The van der Waals surface area contributed by atoms with Gasteiger partial charge in [-0.1, -0.05) is 19.3 Å². The van der Waals surface area contributed by atoms with Crippen molar-refractivity contribution in [2.45, 2.75) is 63.6 Å². The first-order chi connectivity index (χ1) is 12.8. The van der Waals surface area contributed by atoms with Crippen LogP contribution >= 0.6 is 0 Å². The maximum absolute atomic E-state index is 5.66. The number of hydrogen-bond donors (Lipinski definition) is 0. The third-order valence-corrected chi connectivity index (χ3v) is 6.90. The predicted molar refractivity (Wildman–Crippen MR) is 105 cm³/mol. The number of rotatable bonds is 5. The Labute approximate surface area is 158 Å². The molecule has 4 nitrogen and oxygen atoms in total. The van der Waals surface area contributed by atoms with E-state index in [-0.39, 0.29) is 0 Å². The van der Waals surface area contributed by atoms with E-state index in [9.17, 15) is 0 Å². The van der Waals surface area contributed by atoms with Crippen molar-refractivity contribution in [1.82, 2.24) is 9.80 Å². The Morgan fingerprint density at radius 1 is 0.923 bits per heavy atom. The number of fused-ring (bicyclic) bond motifs is 1. The number of piperazine rings is 1. The summed E-state index contributed by atoms with van der Waals surface area (Å²) in [5, 5.41) is 0. The first-order valence-electron chi connectivity index (χ1n) is 10.5. The van der Waals surface area contributed by atoms with Gasteiger partial charge in [-0.25, -0.2) is 0 Å². The van der Waals surface area contributed by atoms with Gasteiger partial charge in [0.05, 0.1) is 14.2 Å². The maximum Gasteiger partial charge on any atom is 0.123 e. The van der Waals surface area contributed by atoms with E-state index in [1.165, 1.54) is 70.1 Å². The monoisotopic (exact) mass is 358 g/mol. The first kappa shape index (κ1) is 18.1. The minimum atomic E-state index is 0.711. The Balaban J connectivity index is 1.59. The maximum atomic E-state index is 5.66. The topological polar surface area (TPSA) is 24.9 Å². The van der Waals surface area contributed by atoms with Crippen molar-refractivity contribution in [3.63, 3.8) is 0 Å². The van der Waals surface area contributed by atoms with E-state index in [0.29, 0.717) is 6.04 Å². The molecule has 3 aliphatic rings. The predicted octanol–water partition coefficient (Wildman–Crippen LogP) is 3.93. The minimum absolute atomic E-state index is 0.711. The van der Waals surface area contributed by atoms with Crippen LogP contribution in [0.4, 0.5) is 0 Å². The lowest BCUT2D eigenvalue weighted by Gasteiger charge is -2.49. The summed E-state index contributed by atoms with van der Waals surface area (Å²) in [7, 11) is 3.52. The molecule has 1 aromatic rings. The second-order valence-corrected chi connectivity index (χ2v) is 8.28. The summed E-state index contributed by atoms with van der Waals surface area (Å²) in [6.07, 6.45) is 9.87. The van der Waals surface area contributed by atoms with E-state index in [1.807, 2.05) is 6.07 Å². The molecule has 3 fully saturated rings. The van der Waals surface area contributed by atoms with Crippen molar-refractivity contribution in [3.05, 3.63) is 23.8 Å². The van der Waals surface area contributed by atoms with Gasteiger partial charge in [0.25, 0.3) is 0 Å². The zero-order valence-electron chi connectivity index (χ0n) is 16.5. The van der Waals surface area contributed by atoms with Crippen molar-refractivity contribution in [3.8, 4) is 11.5 Å². The van der Waals surface area contributed by atoms with Gasteiger partial charge < -0.3 is 9.47 Å². The normalized spacial score (nSPS) is 28.1. The van der Waals surface area contributed by atoms with Gasteiger partial charge in [0.1, 0.15) is 11.5 Å². The number of methoxy groups -OCH3 is 2. The fraction of sp³-hybridized carbons (Fsp3) is 0.727. The van der Waals surface area contributed by atoms with E-state index >= 15 is 0 Å². The molecule has 1 aromatic carbocycles. The Bertz CT molecular complexity index is 600. The molecule has 4 heteroatoms. The summed E-state index contributed by atoms with van der Waals surface area (Å²) >= 11 is 0. The molecular weight excluding hydrogens is 324 g/mol. The molecule has 0 spiro atoms. The van der Waals surface area contributed by atoms with Crippen LogP contribution in [0.25, 0.3) is 0 Å². The van der Waals surface area contributed by atoms with E-state index in [4.69, 9.17) is 9.47 Å². The second-order valence-electron chi connectivity index (χ2n) is 8.28. The number of nitrogens with zero attached hydrogens (tertiary/aromatic N) is 2. The van der Waals surface area contributed by atoms with Crippen molar-refractivity contribution in [2.75, 3.05) is 33.9 Å². The molecule has 2 heterocycles. The molecule has 0 bridgehead atoms. The Morgan fingerprint density at radius 3 is 2.54 bits per heavy atom. The molecule has 1 saturated carbocycles. The van der Waals surface area contributed by atoms with Gasteiger partial charge in [-0.05, 0) is 56.3 Å². The zero-order chi connectivity index (χ0) is 17.9. The Hall–Kier alpha value is -1.26. The lowest BCUT2D eigenvalue weighted by molar-refractivity contribution is -0.00414. The lowest BCUT2D eigenvalue weighted by Crippen LogP contribution is -2.59. The Kier molecular flexibility index (Phi) is 5.70.